The molecule has 0 N–H and O–H groups in total. The number of ether oxygens (including phenoxy) is 2. The Morgan fingerprint density at radius 3 is 2.39 bits per heavy atom. The van der Waals surface area contributed by atoms with Crippen LogP contribution in [0.25, 0.3) is 11.4 Å². The van der Waals surface area contributed by atoms with Crippen LogP contribution in [0.2, 0.25) is 5.02 Å². The van der Waals surface area contributed by atoms with Gasteiger partial charge in [0.25, 0.3) is 0 Å². The highest BCUT2D eigenvalue weighted by Crippen LogP contribution is 2.38. The summed E-state index contributed by atoms with van der Waals surface area (Å²) in [5, 5.41) is 1.23. The van der Waals surface area contributed by atoms with Gasteiger partial charge < -0.3 is 14.0 Å². The van der Waals surface area contributed by atoms with Gasteiger partial charge in [-0.15, -0.1) is 0 Å². The summed E-state index contributed by atoms with van der Waals surface area (Å²) in [6.45, 7) is 6.28. The Bertz CT molecular complexity index is 1670. The standard InChI is InChI=1S/C31H29ClF2N4O2S/c1-20-35-13-14-37(20)24-10-12-27(26(34)18-24)40-15-16-41-30-36-19-29(38(30)23-8-6-22(33)7-9-23)31(2,3)21-5-11-25(32)28(17-21)39-4/h5-14,17-19H,15-16H2,1-4H3. The summed E-state index contributed by atoms with van der Waals surface area (Å²) in [6, 6.07) is 16.8. The van der Waals surface area contributed by atoms with Gasteiger partial charge in [0.1, 0.15) is 17.4 Å². The SMILES string of the molecule is COc1cc(C(C)(C)c2cnc(SCCOc3ccc(-n4ccnc4C)cc3F)n2-c2ccc(F)cc2)ccc1Cl. The van der Waals surface area contributed by atoms with Crippen molar-refractivity contribution in [2.24, 2.45) is 0 Å². The van der Waals surface area contributed by atoms with Crippen LogP contribution < -0.4 is 9.47 Å². The fraction of sp³-hybridized carbons (Fsp3) is 0.226. The number of benzene rings is 3. The van der Waals surface area contributed by atoms with Crippen LogP contribution in [0.15, 0.2) is 84.4 Å². The van der Waals surface area contributed by atoms with E-state index in [2.05, 4.69) is 18.8 Å². The van der Waals surface area contributed by atoms with E-state index in [0.29, 0.717) is 27.4 Å². The maximum atomic E-state index is 14.8. The van der Waals surface area contributed by atoms with Crippen molar-refractivity contribution in [1.29, 1.82) is 0 Å². The summed E-state index contributed by atoms with van der Waals surface area (Å²) < 4.78 is 43.6. The summed E-state index contributed by atoms with van der Waals surface area (Å²) >= 11 is 7.75. The lowest BCUT2D eigenvalue weighted by atomic mass is 9.81. The Morgan fingerprint density at radius 2 is 1.71 bits per heavy atom. The van der Waals surface area contributed by atoms with Gasteiger partial charge in [0.15, 0.2) is 16.7 Å². The summed E-state index contributed by atoms with van der Waals surface area (Å²) in [4.78, 5) is 8.90. The van der Waals surface area contributed by atoms with E-state index in [1.54, 1.807) is 48.3 Å². The van der Waals surface area contributed by atoms with E-state index in [0.717, 1.165) is 22.8 Å². The molecular weight excluding hydrogens is 566 g/mol. The minimum atomic E-state index is -0.507. The maximum Gasteiger partial charge on any atom is 0.172 e. The van der Waals surface area contributed by atoms with Crippen molar-refractivity contribution < 1.29 is 18.3 Å². The van der Waals surface area contributed by atoms with E-state index in [1.807, 2.05) is 35.9 Å². The number of imidazole rings is 2. The fourth-order valence-electron chi connectivity index (χ4n) is 4.61. The van der Waals surface area contributed by atoms with Crippen LogP contribution in [0, 0.1) is 18.6 Å². The third-order valence-electron chi connectivity index (χ3n) is 6.92. The summed E-state index contributed by atoms with van der Waals surface area (Å²) in [7, 11) is 1.58. The van der Waals surface area contributed by atoms with Crippen LogP contribution in [0.1, 0.15) is 30.9 Å². The van der Waals surface area contributed by atoms with Gasteiger partial charge in [-0.3, -0.25) is 4.57 Å². The molecule has 6 nitrogen and oxygen atoms in total. The predicted octanol–water partition coefficient (Wildman–Crippen LogP) is 7.80. The Kier molecular flexibility index (Phi) is 8.37. The molecule has 2 heterocycles. The van der Waals surface area contributed by atoms with Crippen LogP contribution in [0.3, 0.4) is 0 Å². The lowest BCUT2D eigenvalue weighted by Gasteiger charge is -2.28. The number of rotatable bonds is 10. The smallest absolute Gasteiger partial charge is 0.172 e. The van der Waals surface area contributed by atoms with E-state index < -0.39 is 11.2 Å². The first-order valence-corrected chi connectivity index (χ1v) is 14.3. The molecule has 0 saturated carbocycles. The molecule has 0 radical (unpaired) electrons. The van der Waals surface area contributed by atoms with Crippen LogP contribution >= 0.6 is 23.4 Å². The average Bonchev–Trinajstić information content (AvgIpc) is 3.59. The first-order valence-electron chi connectivity index (χ1n) is 12.9. The zero-order chi connectivity index (χ0) is 29.1. The molecule has 3 aromatic carbocycles. The van der Waals surface area contributed by atoms with Gasteiger partial charge in [-0.2, -0.15) is 0 Å². The molecule has 0 unspecified atom stereocenters. The summed E-state index contributed by atoms with van der Waals surface area (Å²) in [5.41, 5.74) is 2.81. The Hall–Kier alpha value is -3.82. The Morgan fingerprint density at radius 1 is 0.951 bits per heavy atom. The second kappa shape index (κ2) is 12.0. The molecule has 0 amide bonds. The number of methoxy groups -OCH3 is 1. The lowest BCUT2D eigenvalue weighted by molar-refractivity contribution is 0.324. The second-order valence-corrected chi connectivity index (χ2v) is 11.3. The molecular formula is C31H29ClF2N4O2S. The van der Waals surface area contributed by atoms with Crippen molar-refractivity contribution in [1.82, 2.24) is 19.1 Å². The van der Waals surface area contributed by atoms with E-state index in [1.165, 1.54) is 30.0 Å². The van der Waals surface area contributed by atoms with Gasteiger partial charge in [0.2, 0.25) is 0 Å². The monoisotopic (exact) mass is 594 g/mol. The van der Waals surface area contributed by atoms with Crippen molar-refractivity contribution in [3.8, 4) is 22.9 Å². The molecule has 0 atom stereocenters. The molecule has 212 valence electrons. The molecule has 0 aliphatic rings. The number of aromatic nitrogens is 4. The highest BCUT2D eigenvalue weighted by Gasteiger charge is 2.30. The molecule has 2 aromatic heterocycles. The van der Waals surface area contributed by atoms with Crippen LogP contribution in [-0.4, -0.2) is 38.6 Å². The van der Waals surface area contributed by atoms with Crippen molar-refractivity contribution in [2.45, 2.75) is 31.3 Å². The molecule has 41 heavy (non-hydrogen) atoms. The van der Waals surface area contributed by atoms with E-state index in [-0.39, 0.29) is 18.2 Å². The average molecular weight is 595 g/mol. The Labute approximate surface area is 246 Å². The number of hydrogen-bond donors (Lipinski definition) is 0. The number of thioether (sulfide) groups is 1. The van der Waals surface area contributed by atoms with Gasteiger partial charge in [-0.05, 0) is 61.0 Å². The van der Waals surface area contributed by atoms with Crippen molar-refractivity contribution in [2.75, 3.05) is 19.5 Å². The molecule has 0 bridgehead atoms. The van der Waals surface area contributed by atoms with Crippen molar-refractivity contribution in [3.63, 3.8) is 0 Å². The molecule has 0 saturated heterocycles. The third kappa shape index (κ3) is 5.96. The van der Waals surface area contributed by atoms with E-state index in [4.69, 9.17) is 26.1 Å². The molecule has 0 fully saturated rings. The van der Waals surface area contributed by atoms with Crippen LogP contribution in [0.4, 0.5) is 8.78 Å². The maximum absolute atomic E-state index is 14.8. The zero-order valence-electron chi connectivity index (χ0n) is 23.1. The third-order valence-corrected chi connectivity index (χ3v) is 8.15. The minimum Gasteiger partial charge on any atom is -0.495 e. The first kappa shape index (κ1) is 28.7. The zero-order valence-corrected chi connectivity index (χ0v) is 24.6. The molecule has 0 aliphatic heterocycles. The van der Waals surface area contributed by atoms with Gasteiger partial charge in [0.05, 0.1) is 30.6 Å². The summed E-state index contributed by atoms with van der Waals surface area (Å²) in [6.07, 6.45) is 5.27. The highest BCUT2D eigenvalue weighted by atomic mass is 35.5. The number of hydrogen-bond acceptors (Lipinski definition) is 5. The molecule has 5 rings (SSSR count). The number of aryl methyl sites for hydroxylation is 1. The van der Waals surface area contributed by atoms with Gasteiger partial charge in [-0.1, -0.05) is 43.3 Å². The van der Waals surface area contributed by atoms with Crippen LogP contribution in [-0.2, 0) is 5.41 Å². The second-order valence-electron chi connectivity index (χ2n) is 9.87. The fourth-order valence-corrected chi connectivity index (χ4v) is 5.61. The number of nitrogens with zero attached hydrogens (tertiary/aromatic N) is 4. The van der Waals surface area contributed by atoms with Gasteiger partial charge >= 0.3 is 0 Å². The van der Waals surface area contributed by atoms with Gasteiger partial charge in [0, 0.05) is 41.0 Å². The highest BCUT2D eigenvalue weighted by molar-refractivity contribution is 7.99. The molecule has 5 aromatic rings. The van der Waals surface area contributed by atoms with Crippen molar-refractivity contribution >= 4 is 23.4 Å². The predicted molar refractivity (Wildman–Crippen MR) is 158 cm³/mol. The quantitative estimate of drug-likeness (QED) is 0.122. The topological polar surface area (TPSA) is 54.1 Å². The largest absolute Gasteiger partial charge is 0.495 e. The minimum absolute atomic E-state index is 0.174. The molecule has 0 spiro atoms. The first-order chi connectivity index (χ1) is 19.7. The molecule has 0 aliphatic carbocycles. The van der Waals surface area contributed by atoms with Crippen molar-refractivity contribution in [3.05, 3.63) is 113 Å². The normalized spacial score (nSPS) is 11.6. The Balaban J connectivity index is 1.37. The lowest BCUT2D eigenvalue weighted by Crippen LogP contribution is -2.23. The van der Waals surface area contributed by atoms with Crippen LogP contribution in [0.5, 0.6) is 11.5 Å². The van der Waals surface area contributed by atoms with E-state index in [9.17, 15) is 8.78 Å². The van der Waals surface area contributed by atoms with E-state index >= 15 is 0 Å². The molecule has 10 heteroatoms. The number of halogens is 3. The summed E-state index contributed by atoms with van der Waals surface area (Å²) in [5.74, 6) is 1.26. The van der Waals surface area contributed by atoms with Gasteiger partial charge in [-0.25, -0.2) is 18.7 Å².